The van der Waals surface area contributed by atoms with E-state index in [2.05, 4.69) is 20.9 Å². The quantitative estimate of drug-likeness (QED) is 0.287. The largest absolute Gasteiger partial charge is 0.497 e. The molecule has 0 unspecified atom stereocenters. The van der Waals surface area contributed by atoms with Gasteiger partial charge in [0.25, 0.3) is 11.6 Å². The van der Waals surface area contributed by atoms with Crippen LogP contribution in [0.4, 0.5) is 11.4 Å². The molecule has 1 amide bonds. The van der Waals surface area contributed by atoms with Gasteiger partial charge in [-0.05, 0) is 54.1 Å². The third-order valence-electron chi connectivity index (χ3n) is 4.71. The number of benzene rings is 3. The van der Waals surface area contributed by atoms with Gasteiger partial charge in [0.2, 0.25) is 0 Å². The molecule has 8 heteroatoms. The van der Waals surface area contributed by atoms with Crippen LogP contribution in [0, 0.1) is 10.1 Å². The molecule has 0 saturated carbocycles. The molecule has 0 atom stereocenters. The number of rotatable bonds is 5. The molecule has 1 heterocycles. The van der Waals surface area contributed by atoms with Gasteiger partial charge in [-0.25, -0.2) is 4.99 Å². The summed E-state index contributed by atoms with van der Waals surface area (Å²) in [5.74, 6) is 0.862. The average Bonchev–Trinajstić information content (AvgIpc) is 3.10. The first-order valence-corrected chi connectivity index (χ1v) is 10.1. The molecule has 1 aliphatic heterocycles. The number of amidine groups is 1. The van der Waals surface area contributed by atoms with Crippen LogP contribution in [0.5, 0.6) is 5.75 Å². The number of nitro benzene ring substituents is 1. The maximum absolute atomic E-state index is 13.3. The standard InChI is InChI=1S/C23H16BrN3O4/c1-31-18-12-10-16(11-13-18)26-22(19-4-2-3-5-20(19)24)25-21(23(26)28)14-15-6-8-17(9-7-15)27(29)30/h2-14H,1H3/b21-14+. The molecular weight excluding hydrogens is 462 g/mol. The van der Waals surface area contributed by atoms with E-state index in [-0.39, 0.29) is 17.3 Å². The van der Waals surface area contributed by atoms with Crippen LogP contribution in [0.25, 0.3) is 6.08 Å². The van der Waals surface area contributed by atoms with Gasteiger partial charge in [0.15, 0.2) is 0 Å². The fraction of sp³-hybridized carbons (Fsp3) is 0.0435. The van der Waals surface area contributed by atoms with E-state index in [0.717, 1.165) is 10.0 Å². The van der Waals surface area contributed by atoms with Crippen molar-refractivity contribution in [3.63, 3.8) is 0 Å². The zero-order valence-electron chi connectivity index (χ0n) is 16.4. The molecule has 3 aromatic carbocycles. The summed E-state index contributed by atoms with van der Waals surface area (Å²) in [6.07, 6.45) is 1.62. The van der Waals surface area contributed by atoms with E-state index >= 15 is 0 Å². The number of nitro groups is 1. The first-order valence-electron chi connectivity index (χ1n) is 9.26. The van der Waals surface area contributed by atoms with E-state index in [1.807, 2.05) is 24.3 Å². The van der Waals surface area contributed by atoms with Crippen molar-refractivity contribution in [2.45, 2.75) is 0 Å². The van der Waals surface area contributed by atoms with Gasteiger partial charge < -0.3 is 4.74 Å². The number of carbonyl (C=O) groups is 1. The van der Waals surface area contributed by atoms with Crippen molar-refractivity contribution in [1.29, 1.82) is 0 Å². The Bertz CT molecular complexity index is 1220. The van der Waals surface area contributed by atoms with E-state index in [0.29, 0.717) is 22.8 Å². The molecule has 0 saturated heterocycles. The van der Waals surface area contributed by atoms with Gasteiger partial charge in [0, 0.05) is 22.2 Å². The van der Waals surface area contributed by atoms with Crippen LogP contribution in [0.15, 0.2) is 88.0 Å². The maximum atomic E-state index is 13.3. The number of methoxy groups -OCH3 is 1. The summed E-state index contributed by atoms with van der Waals surface area (Å²) in [6.45, 7) is 0. The topological polar surface area (TPSA) is 85.0 Å². The Morgan fingerprint density at radius 2 is 1.71 bits per heavy atom. The Labute approximate surface area is 186 Å². The van der Waals surface area contributed by atoms with E-state index in [9.17, 15) is 14.9 Å². The number of carbonyl (C=O) groups excluding carboxylic acids is 1. The lowest BCUT2D eigenvalue weighted by Gasteiger charge is -2.19. The third-order valence-corrected chi connectivity index (χ3v) is 5.40. The van der Waals surface area contributed by atoms with Crippen molar-refractivity contribution in [2.24, 2.45) is 4.99 Å². The van der Waals surface area contributed by atoms with E-state index in [1.165, 1.54) is 17.0 Å². The molecule has 0 spiro atoms. The number of nitrogens with zero attached hydrogens (tertiary/aromatic N) is 3. The number of ether oxygens (including phenoxy) is 1. The van der Waals surface area contributed by atoms with Crippen LogP contribution in [-0.2, 0) is 4.79 Å². The molecule has 154 valence electrons. The van der Waals surface area contributed by atoms with Crippen molar-refractivity contribution < 1.29 is 14.5 Å². The molecule has 4 rings (SSSR count). The van der Waals surface area contributed by atoms with Crippen LogP contribution >= 0.6 is 15.9 Å². The van der Waals surface area contributed by atoms with Crippen molar-refractivity contribution >= 4 is 45.1 Å². The molecular formula is C23H16BrN3O4. The van der Waals surface area contributed by atoms with Gasteiger partial charge in [-0.15, -0.1) is 0 Å². The SMILES string of the molecule is COc1ccc(N2C(=O)/C(=C\c3ccc([N+](=O)[O-])cc3)N=C2c2ccccc2Br)cc1. The van der Waals surface area contributed by atoms with Crippen LogP contribution in [0.1, 0.15) is 11.1 Å². The number of halogens is 1. The van der Waals surface area contributed by atoms with Gasteiger partial charge in [0.05, 0.1) is 17.7 Å². The second-order valence-corrected chi connectivity index (χ2v) is 7.49. The summed E-state index contributed by atoms with van der Waals surface area (Å²) in [5, 5.41) is 10.9. The van der Waals surface area contributed by atoms with Crippen molar-refractivity contribution in [2.75, 3.05) is 12.0 Å². The normalized spacial score (nSPS) is 14.6. The molecule has 7 nitrogen and oxygen atoms in total. The Morgan fingerprint density at radius 1 is 1.03 bits per heavy atom. The monoisotopic (exact) mass is 477 g/mol. The smallest absolute Gasteiger partial charge is 0.282 e. The highest BCUT2D eigenvalue weighted by atomic mass is 79.9. The first-order chi connectivity index (χ1) is 15.0. The number of anilines is 1. The minimum absolute atomic E-state index is 0.0165. The maximum Gasteiger partial charge on any atom is 0.282 e. The fourth-order valence-corrected chi connectivity index (χ4v) is 3.62. The molecule has 0 aromatic heterocycles. The summed E-state index contributed by atoms with van der Waals surface area (Å²) >= 11 is 3.54. The minimum atomic E-state index is -0.466. The number of hydrogen-bond acceptors (Lipinski definition) is 5. The zero-order valence-corrected chi connectivity index (χ0v) is 17.9. The lowest BCUT2D eigenvalue weighted by Crippen LogP contribution is -2.32. The molecule has 0 bridgehead atoms. The summed E-state index contributed by atoms with van der Waals surface area (Å²) in [5.41, 5.74) is 2.26. The highest BCUT2D eigenvalue weighted by Crippen LogP contribution is 2.31. The predicted molar refractivity (Wildman–Crippen MR) is 122 cm³/mol. The Morgan fingerprint density at radius 3 is 2.32 bits per heavy atom. The summed E-state index contributed by atoms with van der Waals surface area (Å²) in [6, 6.07) is 20.6. The first kappa shape index (κ1) is 20.5. The zero-order chi connectivity index (χ0) is 22.0. The van der Waals surface area contributed by atoms with E-state index in [1.54, 1.807) is 49.6 Å². The summed E-state index contributed by atoms with van der Waals surface area (Å²) in [7, 11) is 1.58. The number of amides is 1. The highest BCUT2D eigenvalue weighted by Gasteiger charge is 2.33. The minimum Gasteiger partial charge on any atom is -0.497 e. The Hall–Kier alpha value is -3.78. The van der Waals surface area contributed by atoms with Crippen molar-refractivity contribution in [3.05, 3.63) is 104 Å². The highest BCUT2D eigenvalue weighted by molar-refractivity contribution is 9.10. The Kier molecular flexibility index (Phi) is 5.64. The van der Waals surface area contributed by atoms with Gasteiger partial charge in [-0.1, -0.05) is 34.1 Å². The average molecular weight is 478 g/mol. The molecule has 0 fully saturated rings. The molecule has 31 heavy (non-hydrogen) atoms. The van der Waals surface area contributed by atoms with Crippen LogP contribution in [0.2, 0.25) is 0 Å². The van der Waals surface area contributed by atoms with Crippen LogP contribution < -0.4 is 9.64 Å². The summed E-state index contributed by atoms with van der Waals surface area (Å²) < 4.78 is 6.02. The fourth-order valence-electron chi connectivity index (χ4n) is 3.16. The van der Waals surface area contributed by atoms with Gasteiger partial charge >= 0.3 is 0 Å². The van der Waals surface area contributed by atoms with Gasteiger partial charge in [0.1, 0.15) is 17.3 Å². The second kappa shape index (κ2) is 8.53. The molecule has 3 aromatic rings. The van der Waals surface area contributed by atoms with Gasteiger partial charge in [-0.3, -0.25) is 19.8 Å². The third kappa shape index (κ3) is 4.10. The molecule has 0 aliphatic carbocycles. The van der Waals surface area contributed by atoms with Crippen molar-refractivity contribution in [1.82, 2.24) is 0 Å². The molecule has 1 aliphatic rings. The van der Waals surface area contributed by atoms with Crippen LogP contribution in [-0.4, -0.2) is 23.8 Å². The molecule has 0 radical (unpaired) electrons. The van der Waals surface area contributed by atoms with E-state index < -0.39 is 4.92 Å². The van der Waals surface area contributed by atoms with Gasteiger partial charge in [-0.2, -0.15) is 0 Å². The van der Waals surface area contributed by atoms with E-state index in [4.69, 9.17) is 4.74 Å². The lowest BCUT2D eigenvalue weighted by atomic mass is 10.1. The molecule has 0 N–H and O–H groups in total. The lowest BCUT2D eigenvalue weighted by molar-refractivity contribution is -0.384. The number of hydrogen-bond donors (Lipinski definition) is 0. The summed E-state index contributed by atoms with van der Waals surface area (Å²) in [4.78, 5) is 29.9. The van der Waals surface area contributed by atoms with Crippen molar-refractivity contribution in [3.8, 4) is 5.75 Å². The van der Waals surface area contributed by atoms with Crippen LogP contribution in [0.3, 0.4) is 0 Å². The number of non-ortho nitro benzene ring substituents is 1. The second-order valence-electron chi connectivity index (χ2n) is 6.63. The number of aliphatic imine (C=N–C) groups is 1. The Balaban J connectivity index is 1.79. The predicted octanol–water partition coefficient (Wildman–Crippen LogP) is 5.20.